The molecule has 10 heteroatoms. The van der Waals surface area contributed by atoms with Gasteiger partial charge < -0.3 is 4.74 Å². The fourth-order valence-electron chi connectivity index (χ4n) is 2.01. The number of ether oxygens (including phenoxy) is 1. The molecule has 0 fully saturated rings. The number of rotatable bonds is 7. The van der Waals surface area contributed by atoms with E-state index in [0.717, 1.165) is 6.07 Å². The molecule has 0 heterocycles. The molecule has 0 saturated carbocycles. The van der Waals surface area contributed by atoms with Gasteiger partial charge in [0.2, 0.25) is 0 Å². The second-order valence-corrected chi connectivity index (χ2v) is 8.38. The third-order valence-corrected chi connectivity index (χ3v) is 5.15. The van der Waals surface area contributed by atoms with Gasteiger partial charge in [-0.05, 0) is 33.8 Å². The van der Waals surface area contributed by atoms with E-state index in [-0.39, 0.29) is 0 Å². The standard InChI is InChI=1S/C16H20F5NO3S/c1-5-25-13(23)16(20,21)15(9-17,22-26(24)14(2,3)4)10-7-6-8-11(18)12(10)19/h6-8,22H,5,9H2,1-4H3/t15-,26-/m1/s1. The van der Waals surface area contributed by atoms with Gasteiger partial charge in [-0.25, -0.2) is 26.9 Å². The molecule has 1 rings (SSSR count). The largest absolute Gasteiger partial charge is 0.461 e. The van der Waals surface area contributed by atoms with Crippen LogP contribution in [-0.4, -0.2) is 34.1 Å². The molecule has 0 aliphatic carbocycles. The highest BCUT2D eigenvalue weighted by Gasteiger charge is 2.64. The molecule has 4 nitrogen and oxygen atoms in total. The topological polar surface area (TPSA) is 55.4 Å². The van der Waals surface area contributed by atoms with Gasteiger partial charge in [0.1, 0.15) is 6.67 Å². The zero-order valence-electron chi connectivity index (χ0n) is 14.7. The first-order valence-electron chi connectivity index (χ1n) is 7.60. The molecule has 0 spiro atoms. The molecule has 0 aromatic heterocycles. The molecule has 2 atom stereocenters. The van der Waals surface area contributed by atoms with Gasteiger partial charge in [-0.2, -0.15) is 8.78 Å². The van der Waals surface area contributed by atoms with Crippen LogP contribution in [0.5, 0.6) is 0 Å². The van der Waals surface area contributed by atoms with E-state index in [4.69, 9.17) is 0 Å². The van der Waals surface area contributed by atoms with E-state index >= 15 is 0 Å². The minimum atomic E-state index is -4.69. The molecule has 0 saturated heterocycles. The fraction of sp³-hybridized carbons (Fsp3) is 0.562. The number of esters is 1. The van der Waals surface area contributed by atoms with Crippen molar-refractivity contribution in [3.8, 4) is 0 Å². The lowest BCUT2D eigenvalue weighted by Crippen LogP contribution is -2.63. The normalized spacial score (nSPS) is 16.0. The summed E-state index contributed by atoms with van der Waals surface area (Å²) in [5, 5.41) is 0. The maximum Gasteiger partial charge on any atom is 0.379 e. The predicted molar refractivity (Wildman–Crippen MR) is 86.6 cm³/mol. The van der Waals surface area contributed by atoms with Gasteiger partial charge in [0.05, 0.1) is 22.3 Å². The summed E-state index contributed by atoms with van der Waals surface area (Å²) < 4.78 is 88.8. The number of nitrogens with one attached hydrogen (secondary N) is 1. The zero-order valence-corrected chi connectivity index (χ0v) is 15.5. The van der Waals surface area contributed by atoms with Gasteiger partial charge >= 0.3 is 11.9 Å². The third-order valence-electron chi connectivity index (χ3n) is 3.50. The van der Waals surface area contributed by atoms with Crippen LogP contribution in [0.3, 0.4) is 0 Å². The van der Waals surface area contributed by atoms with Gasteiger partial charge in [0.25, 0.3) is 0 Å². The van der Waals surface area contributed by atoms with Crippen LogP contribution in [0.2, 0.25) is 0 Å². The first-order chi connectivity index (χ1) is 11.8. The molecular weight excluding hydrogens is 381 g/mol. The van der Waals surface area contributed by atoms with E-state index in [1.807, 2.05) is 4.72 Å². The summed E-state index contributed by atoms with van der Waals surface area (Å²) >= 11 is 0. The Labute approximate surface area is 150 Å². The van der Waals surface area contributed by atoms with Gasteiger partial charge in [0.15, 0.2) is 17.2 Å². The highest BCUT2D eigenvalue weighted by Crippen LogP contribution is 2.42. The van der Waals surface area contributed by atoms with Crippen LogP contribution in [0.25, 0.3) is 0 Å². The van der Waals surface area contributed by atoms with Crippen LogP contribution in [0, 0.1) is 11.6 Å². The number of hydrogen-bond donors (Lipinski definition) is 1. The van der Waals surface area contributed by atoms with Crippen molar-refractivity contribution in [2.24, 2.45) is 0 Å². The molecule has 26 heavy (non-hydrogen) atoms. The van der Waals surface area contributed by atoms with Crippen molar-refractivity contribution >= 4 is 17.0 Å². The predicted octanol–water partition coefficient (Wildman–Crippen LogP) is 3.38. The van der Waals surface area contributed by atoms with Crippen LogP contribution in [0.15, 0.2) is 18.2 Å². The highest BCUT2D eigenvalue weighted by atomic mass is 32.2. The van der Waals surface area contributed by atoms with Crippen molar-refractivity contribution in [1.82, 2.24) is 4.72 Å². The minimum Gasteiger partial charge on any atom is -0.461 e. The minimum absolute atomic E-state index is 0.454. The molecule has 0 aliphatic heterocycles. The van der Waals surface area contributed by atoms with Crippen LogP contribution in [0.1, 0.15) is 33.3 Å². The lowest BCUT2D eigenvalue weighted by molar-refractivity contribution is -0.186. The van der Waals surface area contributed by atoms with Crippen molar-refractivity contribution < 1.29 is 35.7 Å². The number of benzene rings is 1. The summed E-state index contributed by atoms with van der Waals surface area (Å²) in [6.45, 7) is 2.91. The number of carbonyl (C=O) groups excluding carboxylic acids is 1. The molecule has 1 N–H and O–H groups in total. The summed E-state index contributed by atoms with van der Waals surface area (Å²) in [6.07, 6.45) is 0. The number of hydrogen-bond acceptors (Lipinski definition) is 3. The van der Waals surface area contributed by atoms with E-state index in [0.29, 0.717) is 12.1 Å². The maximum atomic E-state index is 14.9. The Morgan fingerprint density at radius 2 is 1.81 bits per heavy atom. The molecule has 1 aromatic rings. The number of carbonyl (C=O) groups is 1. The van der Waals surface area contributed by atoms with Crippen LogP contribution in [0.4, 0.5) is 22.0 Å². The monoisotopic (exact) mass is 401 g/mol. The Balaban J connectivity index is 3.71. The average Bonchev–Trinajstić information content (AvgIpc) is 2.54. The molecular formula is C16H20F5NO3S. The molecule has 0 amide bonds. The second-order valence-electron chi connectivity index (χ2n) is 6.42. The SMILES string of the molecule is CCOC(=O)C(F)(F)[C@](CF)(N[S@](=O)C(C)(C)C)c1cccc(F)c1F. The van der Waals surface area contributed by atoms with Crippen molar-refractivity contribution in [1.29, 1.82) is 0 Å². The Bertz CT molecular complexity index is 693. The van der Waals surface area contributed by atoms with Crippen molar-refractivity contribution in [2.45, 2.75) is 43.9 Å². The highest BCUT2D eigenvalue weighted by molar-refractivity contribution is 7.84. The maximum absolute atomic E-state index is 14.9. The van der Waals surface area contributed by atoms with Crippen molar-refractivity contribution in [2.75, 3.05) is 13.3 Å². The lowest BCUT2D eigenvalue weighted by Gasteiger charge is -2.39. The Kier molecular flexibility index (Phi) is 6.92. The van der Waals surface area contributed by atoms with E-state index in [1.165, 1.54) is 27.7 Å². The lowest BCUT2D eigenvalue weighted by atomic mass is 9.85. The number of halogens is 5. The van der Waals surface area contributed by atoms with Crippen LogP contribution < -0.4 is 4.72 Å². The molecule has 0 aliphatic rings. The molecule has 148 valence electrons. The van der Waals surface area contributed by atoms with Crippen molar-refractivity contribution in [3.05, 3.63) is 35.4 Å². The Morgan fingerprint density at radius 3 is 2.27 bits per heavy atom. The van der Waals surface area contributed by atoms with Crippen LogP contribution in [-0.2, 0) is 26.1 Å². The van der Waals surface area contributed by atoms with Gasteiger partial charge in [0, 0.05) is 5.56 Å². The quantitative estimate of drug-likeness (QED) is 0.563. The van der Waals surface area contributed by atoms with Gasteiger partial charge in [-0.15, -0.1) is 0 Å². The zero-order chi connectivity index (χ0) is 20.3. The Hall–Kier alpha value is -1.55. The summed E-state index contributed by atoms with van der Waals surface area (Å²) in [5.74, 6) is -10.1. The molecule has 1 aromatic carbocycles. The van der Waals surface area contributed by atoms with E-state index in [1.54, 1.807) is 0 Å². The van der Waals surface area contributed by atoms with Gasteiger partial charge in [-0.1, -0.05) is 12.1 Å². The third kappa shape index (κ3) is 4.06. The van der Waals surface area contributed by atoms with Crippen LogP contribution >= 0.6 is 0 Å². The van der Waals surface area contributed by atoms with E-state index in [9.17, 15) is 31.0 Å². The first kappa shape index (κ1) is 22.5. The summed E-state index contributed by atoms with van der Waals surface area (Å²) in [4.78, 5) is 11.8. The van der Waals surface area contributed by atoms with Gasteiger partial charge in [-0.3, -0.25) is 0 Å². The average molecular weight is 401 g/mol. The first-order valence-corrected chi connectivity index (χ1v) is 8.75. The summed E-state index contributed by atoms with van der Waals surface area (Å²) in [6, 6.07) is 2.21. The summed E-state index contributed by atoms with van der Waals surface area (Å²) in [7, 11) is -2.36. The van der Waals surface area contributed by atoms with E-state index in [2.05, 4.69) is 4.74 Å². The molecule has 0 unspecified atom stereocenters. The molecule has 0 radical (unpaired) electrons. The van der Waals surface area contributed by atoms with E-state index < -0.39 is 63.6 Å². The Morgan fingerprint density at radius 1 is 1.23 bits per heavy atom. The van der Waals surface area contributed by atoms with Crippen molar-refractivity contribution in [3.63, 3.8) is 0 Å². The fourth-order valence-corrected chi connectivity index (χ4v) is 2.93. The second kappa shape index (κ2) is 7.99. The number of alkyl halides is 3. The smallest absolute Gasteiger partial charge is 0.379 e. The molecule has 0 bridgehead atoms. The summed E-state index contributed by atoms with van der Waals surface area (Å²) in [5.41, 5.74) is -4.60.